The molecule has 0 aliphatic heterocycles. The molecule has 0 radical (unpaired) electrons. The quantitative estimate of drug-likeness (QED) is 0.691. The number of para-hydroxylation sites is 1. The summed E-state index contributed by atoms with van der Waals surface area (Å²) in [5.74, 6) is 4.14. The molecule has 0 heterocycles. The van der Waals surface area contributed by atoms with Crippen molar-refractivity contribution >= 4 is 15.9 Å². The summed E-state index contributed by atoms with van der Waals surface area (Å²) < 4.78 is 50.3. The van der Waals surface area contributed by atoms with E-state index in [1.807, 2.05) is 0 Å². The number of hydrogen-bond acceptors (Lipinski definition) is 5. The summed E-state index contributed by atoms with van der Waals surface area (Å²) >= 11 is 0. The van der Waals surface area contributed by atoms with Gasteiger partial charge in [-0.05, 0) is 30.3 Å². The zero-order valence-corrected chi connectivity index (χ0v) is 15.2. The molecule has 2 rings (SSSR count). The molecule has 0 spiro atoms. The molecule has 2 aromatic carbocycles. The molecule has 0 atom stereocenters. The summed E-state index contributed by atoms with van der Waals surface area (Å²) in [6, 6.07) is 9.59. The molecular weight excluding hydrogens is 375 g/mol. The van der Waals surface area contributed by atoms with Crippen LogP contribution in [0.4, 0.5) is 4.39 Å². The molecular formula is C18H17FN2O5S. The third-order valence-electron chi connectivity index (χ3n) is 3.34. The molecule has 27 heavy (non-hydrogen) atoms. The van der Waals surface area contributed by atoms with Gasteiger partial charge >= 0.3 is 0 Å². The van der Waals surface area contributed by atoms with E-state index in [0.717, 1.165) is 12.1 Å². The highest BCUT2D eigenvalue weighted by Crippen LogP contribution is 2.24. The fraction of sp³-hybridized carbons (Fsp3) is 0.167. The minimum Gasteiger partial charge on any atom is -0.495 e. The standard InChI is InChI=1S/C18H17FN2O5S/c1-25-16-9-8-13(19)12-17(16)27(23,24)21-10-4-5-11-26-15-7-3-2-6-14(15)18(20)22/h2-3,6-9,12,21H,10-11H2,1H3,(H2,20,22). The van der Waals surface area contributed by atoms with E-state index in [4.69, 9.17) is 15.2 Å². The Labute approximate surface area is 156 Å². The Kier molecular flexibility index (Phi) is 6.76. The second kappa shape index (κ2) is 9.02. The third kappa shape index (κ3) is 5.44. The number of amides is 1. The van der Waals surface area contributed by atoms with Crippen molar-refractivity contribution in [1.29, 1.82) is 0 Å². The predicted molar refractivity (Wildman–Crippen MR) is 96.4 cm³/mol. The minimum atomic E-state index is -4.00. The number of primary amides is 1. The Balaban J connectivity index is 1.96. The first-order valence-electron chi connectivity index (χ1n) is 7.65. The highest BCUT2D eigenvalue weighted by Gasteiger charge is 2.19. The summed E-state index contributed by atoms with van der Waals surface area (Å²) in [6.45, 7) is -0.294. The van der Waals surface area contributed by atoms with Gasteiger partial charge in [-0.25, -0.2) is 12.8 Å². The molecule has 1 amide bonds. The maximum atomic E-state index is 13.3. The number of nitrogens with two attached hydrogens (primary N) is 1. The largest absolute Gasteiger partial charge is 0.495 e. The summed E-state index contributed by atoms with van der Waals surface area (Å²) in [6.07, 6.45) is 0. The highest BCUT2D eigenvalue weighted by molar-refractivity contribution is 7.89. The lowest BCUT2D eigenvalue weighted by molar-refractivity contribution is 0.0997. The van der Waals surface area contributed by atoms with E-state index in [-0.39, 0.29) is 35.1 Å². The molecule has 0 aliphatic rings. The van der Waals surface area contributed by atoms with E-state index < -0.39 is 21.7 Å². The zero-order valence-electron chi connectivity index (χ0n) is 14.4. The number of benzene rings is 2. The lowest BCUT2D eigenvalue weighted by atomic mass is 10.2. The van der Waals surface area contributed by atoms with Crippen LogP contribution in [0.3, 0.4) is 0 Å². The first kappa shape index (κ1) is 20.2. The van der Waals surface area contributed by atoms with Gasteiger partial charge in [-0.15, -0.1) is 0 Å². The summed E-state index contributed by atoms with van der Waals surface area (Å²) in [4.78, 5) is 10.9. The number of rotatable bonds is 7. The average molecular weight is 392 g/mol. The Bertz CT molecular complexity index is 996. The number of carbonyl (C=O) groups excluding carboxylic acids is 1. The van der Waals surface area contributed by atoms with Crippen LogP contribution in [0.5, 0.6) is 11.5 Å². The van der Waals surface area contributed by atoms with Crippen LogP contribution in [0, 0.1) is 17.7 Å². The second-order valence-corrected chi connectivity index (χ2v) is 6.86. The van der Waals surface area contributed by atoms with Crippen molar-refractivity contribution in [1.82, 2.24) is 4.72 Å². The Morgan fingerprint density at radius 1 is 1.19 bits per heavy atom. The molecule has 0 aromatic heterocycles. The predicted octanol–water partition coefficient (Wildman–Crippen LogP) is 1.29. The first-order valence-corrected chi connectivity index (χ1v) is 9.14. The van der Waals surface area contributed by atoms with Gasteiger partial charge in [0, 0.05) is 0 Å². The van der Waals surface area contributed by atoms with Gasteiger partial charge in [0.05, 0.1) is 19.2 Å². The second-order valence-electron chi connectivity index (χ2n) is 5.12. The van der Waals surface area contributed by atoms with Crippen LogP contribution in [0.25, 0.3) is 0 Å². The number of carbonyl (C=O) groups is 1. The topological polar surface area (TPSA) is 108 Å². The molecule has 0 aliphatic carbocycles. The molecule has 142 valence electrons. The van der Waals surface area contributed by atoms with E-state index in [9.17, 15) is 17.6 Å². The molecule has 0 unspecified atom stereocenters. The van der Waals surface area contributed by atoms with Crippen molar-refractivity contribution in [3.8, 4) is 23.3 Å². The Morgan fingerprint density at radius 3 is 2.63 bits per heavy atom. The van der Waals surface area contributed by atoms with Crippen LogP contribution >= 0.6 is 0 Å². The lowest BCUT2D eigenvalue weighted by Crippen LogP contribution is -2.24. The third-order valence-corrected chi connectivity index (χ3v) is 4.77. The first-order chi connectivity index (χ1) is 12.8. The van der Waals surface area contributed by atoms with Gasteiger partial charge in [-0.2, -0.15) is 4.72 Å². The number of methoxy groups -OCH3 is 1. The smallest absolute Gasteiger partial charge is 0.252 e. The SMILES string of the molecule is COc1ccc(F)cc1S(=O)(=O)NCC#CCOc1ccccc1C(N)=O. The molecule has 0 saturated heterocycles. The molecule has 7 nitrogen and oxygen atoms in total. The average Bonchev–Trinajstić information content (AvgIpc) is 2.64. The van der Waals surface area contributed by atoms with E-state index in [1.165, 1.54) is 19.2 Å². The van der Waals surface area contributed by atoms with Crippen molar-refractivity contribution in [2.75, 3.05) is 20.3 Å². The molecule has 9 heteroatoms. The van der Waals surface area contributed by atoms with Crippen LogP contribution in [-0.4, -0.2) is 34.6 Å². The van der Waals surface area contributed by atoms with Gasteiger partial charge in [0.2, 0.25) is 10.0 Å². The van der Waals surface area contributed by atoms with Crippen LogP contribution in [-0.2, 0) is 10.0 Å². The molecule has 0 fully saturated rings. The monoisotopic (exact) mass is 392 g/mol. The Morgan fingerprint density at radius 2 is 1.93 bits per heavy atom. The maximum absolute atomic E-state index is 13.3. The fourth-order valence-corrected chi connectivity index (χ4v) is 3.19. The number of nitrogens with one attached hydrogen (secondary N) is 1. The van der Waals surface area contributed by atoms with Crippen molar-refractivity contribution in [2.45, 2.75) is 4.90 Å². The van der Waals surface area contributed by atoms with Crippen molar-refractivity contribution in [3.63, 3.8) is 0 Å². The minimum absolute atomic E-state index is 0.0169. The van der Waals surface area contributed by atoms with Crippen molar-refractivity contribution < 1.29 is 27.1 Å². The molecule has 0 bridgehead atoms. The highest BCUT2D eigenvalue weighted by atomic mass is 32.2. The van der Waals surface area contributed by atoms with Crippen molar-refractivity contribution in [2.24, 2.45) is 5.73 Å². The normalized spacial score (nSPS) is 10.6. The summed E-state index contributed by atoms with van der Waals surface area (Å²) in [7, 11) is -2.72. The summed E-state index contributed by atoms with van der Waals surface area (Å²) in [5, 5.41) is 0. The van der Waals surface area contributed by atoms with Gasteiger partial charge in [0.15, 0.2) is 0 Å². The fourth-order valence-electron chi connectivity index (χ4n) is 2.09. The zero-order chi connectivity index (χ0) is 19.9. The van der Waals surface area contributed by atoms with Crippen LogP contribution in [0.2, 0.25) is 0 Å². The number of halogens is 1. The van der Waals surface area contributed by atoms with Gasteiger partial charge in [-0.3, -0.25) is 4.79 Å². The van der Waals surface area contributed by atoms with E-state index in [2.05, 4.69) is 16.6 Å². The van der Waals surface area contributed by atoms with Gasteiger partial charge in [0.25, 0.3) is 5.91 Å². The molecule has 2 aromatic rings. The van der Waals surface area contributed by atoms with Crippen LogP contribution < -0.4 is 19.9 Å². The van der Waals surface area contributed by atoms with E-state index >= 15 is 0 Å². The van der Waals surface area contributed by atoms with Crippen LogP contribution in [0.15, 0.2) is 47.4 Å². The lowest BCUT2D eigenvalue weighted by Gasteiger charge is -2.09. The van der Waals surface area contributed by atoms with E-state index in [1.54, 1.807) is 18.2 Å². The van der Waals surface area contributed by atoms with Crippen molar-refractivity contribution in [3.05, 3.63) is 53.8 Å². The molecule has 0 saturated carbocycles. The van der Waals surface area contributed by atoms with Crippen LogP contribution in [0.1, 0.15) is 10.4 Å². The number of hydrogen-bond donors (Lipinski definition) is 2. The van der Waals surface area contributed by atoms with E-state index in [0.29, 0.717) is 0 Å². The van der Waals surface area contributed by atoms with Gasteiger partial charge in [-0.1, -0.05) is 24.0 Å². The van der Waals surface area contributed by atoms with Gasteiger partial charge in [0.1, 0.15) is 28.8 Å². The maximum Gasteiger partial charge on any atom is 0.252 e. The summed E-state index contributed by atoms with van der Waals surface area (Å²) in [5.41, 5.74) is 5.46. The number of sulfonamides is 1. The number of ether oxygens (including phenoxy) is 2. The Hall–Kier alpha value is -3.09. The van der Waals surface area contributed by atoms with Gasteiger partial charge < -0.3 is 15.2 Å². The molecule has 3 N–H and O–H groups in total.